The third-order valence-corrected chi connectivity index (χ3v) is 1.85. The average molecular weight is 228 g/mol. The van der Waals surface area contributed by atoms with Crippen LogP contribution in [0.25, 0.3) is 5.95 Å². The summed E-state index contributed by atoms with van der Waals surface area (Å²) in [5, 5.41) is 3.35. The molecular weight excluding hydrogens is 221 g/mol. The van der Waals surface area contributed by atoms with E-state index < -0.39 is 11.9 Å². The molecule has 0 radical (unpaired) electrons. The van der Waals surface area contributed by atoms with Crippen molar-refractivity contribution in [3.05, 3.63) is 35.9 Å². The van der Waals surface area contributed by atoms with Gasteiger partial charge in [-0.2, -0.15) is 18.3 Å². The number of hydrogen-bond donors (Lipinski definition) is 0. The predicted molar refractivity (Wildman–Crippen MR) is 48.9 cm³/mol. The molecule has 0 aliphatic heterocycles. The zero-order valence-corrected chi connectivity index (χ0v) is 8.23. The summed E-state index contributed by atoms with van der Waals surface area (Å²) in [5.41, 5.74) is -0.136. The fourth-order valence-corrected chi connectivity index (χ4v) is 1.09. The van der Waals surface area contributed by atoms with E-state index in [1.165, 1.54) is 18.6 Å². The number of aromatic nitrogens is 4. The molecule has 0 amide bonds. The Morgan fingerprint density at radius 2 is 1.81 bits per heavy atom. The molecule has 84 valence electrons. The Kier molecular flexibility index (Phi) is 2.37. The van der Waals surface area contributed by atoms with E-state index >= 15 is 0 Å². The first-order valence-electron chi connectivity index (χ1n) is 4.39. The van der Waals surface area contributed by atoms with E-state index in [0.29, 0.717) is 0 Å². The molecule has 0 atom stereocenters. The molecule has 0 aliphatic rings. The molecule has 2 rings (SSSR count). The monoisotopic (exact) mass is 228 g/mol. The van der Waals surface area contributed by atoms with Crippen molar-refractivity contribution in [1.82, 2.24) is 19.7 Å². The lowest BCUT2D eigenvalue weighted by molar-refractivity contribution is -0.141. The molecule has 7 heteroatoms. The van der Waals surface area contributed by atoms with Crippen molar-refractivity contribution >= 4 is 0 Å². The Labute approximate surface area is 88.8 Å². The number of rotatable bonds is 1. The fraction of sp³-hybridized carbons (Fsp3) is 0.222. The summed E-state index contributed by atoms with van der Waals surface area (Å²) in [6.07, 6.45) is -0.252. The Balaban J connectivity index is 2.35. The molecule has 0 fully saturated rings. The van der Waals surface area contributed by atoms with Crippen LogP contribution in [-0.4, -0.2) is 19.7 Å². The van der Waals surface area contributed by atoms with Crippen molar-refractivity contribution in [3.63, 3.8) is 0 Å². The number of nitrogens with zero attached hydrogens (tertiary/aromatic N) is 4. The van der Waals surface area contributed by atoms with Crippen LogP contribution in [0.5, 0.6) is 0 Å². The van der Waals surface area contributed by atoms with Crippen molar-refractivity contribution in [2.75, 3.05) is 0 Å². The van der Waals surface area contributed by atoms with E-state index in [1.54, 1.807) is 6.92 Å². The van der Waals surface area contributed by atoms with E-state index in [4.69, 9.17) is 0 Å². The maximum Gasteiger partial charge on any atom is 0.435 e. The van der Waals surface area contributed by atoms with Gasteiger partial charge in [-0.05, 0) is 18.6 Å². The van der Waals surface area contributed by atoms with Gasteiger partial charge in [0.1, 0.15) is 0 Å². The second-order valence-corrected chi connectivity index (χ2v) is 3.20. The summed E-state index contributed by atoms with van der Waals surface area (Å²) < 4.78 is 37.8. The summed E-state index contributed by atoms with van der Waals surface area (Å²) in [7, 11) is 0. The fourth-order valence-electron chi connectivity index (χ4n) is 1.09. The van der Waals surface area contributed by atoms with Crippen LogP contribution in [-0.2, 0) is 6.18 Å². The smallest absolute Gasteiger partial charge is 0.219 e. The van der Waals surface area contributed by atoms with Crippen molar-refractivity contribution < 1.29 is 13.2 Å². The normalized spacial score (nSPS) is 11.8. The standard InChI is InChI=1S/C9H7F3N4/c1-6-4-13-8(14-5-6)16-3-2-7(15-16)9(10,11)12/h2-5H,1H3. The lowest BCUT2D eigenvalue weighted by Crippen LogP contribution is -2.08. The minimum Gasteiger partial charge on any atom is -0.219 e. The van der Waals surface area contributed by atoms with Crippen LogP contribution in [0, 0.1) is 6.92 Å². The van der Waals surface area contributed by atoms with Gasteiger partial charge in [0.15, 0.2) is 5.69 Å². The maximum atomic E-state index is 12.3. The second kappa shape index (κ2) is 3.58. The molecule has 2 heterocycles. The Hall–Kier alpha value is -1.92. The van der Waals surface area contributed by atoms with Gasteiger partial charge in [0.2, 0.25) is 5.95 Å². The molecule has 0 aliphatic carbocycles. The minimum atomic E-state index is -4.45. The molecule has 2 aromatic rings. The number of halogens is 3. The highest BCUT2D eigenvalue weighted by atomic mass is 19.4. The van der Waals surface area contributed by atoms with Crippen molar-refractivity contribution in [2.45, 2.75) is 13.1 Å². The van der Waals surface area contributed by atoms with Crippen LogP contribution in [0.1, 0.15) is 11.3 Å². The second-order valence-electron chi connectivity index (χ2n) is 3.20. The van der Waals surface area contributed by atoms with Crippen LogP contribution >= 0.6 is 0 Å². The van der Waals surface area contributed by atoms with E-state index in [2.05, 4.69) is 15.1 Å². The van der Waals surface area contributed by atoms with Gasteiger partial charge in [-0.3, -0.25) is 0 Å². The summed E-state index contributed by atoms with van der Waals surface area (Å²) in [4.78, 5) is 7.73. The molecule has 0 bridgehead atoms. The largest absolute Gasteiger partial charge is 0.435 e. The topological polar surface area (TPSA) is 43.6 Å². The highest BCUT2D eigenvalue weighted by molar-refractivity contribution is 5.15. The van der Waals surface area contributed by atoms with E-state index in [-0.39, 0.29) is 5.95 Å². The molecular formula is C9H7F3N4. The molecule has 0 N–H and O–H groups in total. The molecule has 16 heavy (non-hydrogen) atoms. The number of alkyl halides is 3. The summed E-state index contributed by atoms with van der Waals surface area (Å²) in [6, 6.07) is 0.878. The van der Waals surface area contributed by atoms with Gasteiger partial charge in [0, 0.05) is 18.6 Å². The average Bonchev–Trinajstić information content (AvgIpc) is 2.67. The number of hydrogen-bond acceptors (Lipinski definition) is 3. The summed E-state index contributed by atoms with van der Waals surface area (Å²) >= 11 is 0. The summed E-state index contributed by atoms with van der Waals surface area (Å²) in [5.74, 6) is 0.112. The molecule has 0 unspecified atom stereocenters. The van der Waals surface area contributed by atoms with E-state index in [1.807, 2.05) is 0 Å². The van der Waals surface area contributed by atoms with Gasteiger partial charge in [-0.25, -0.2) is 14.6 Å². The minimum absolute atomic E-state index is 0.112. The zero-order chi connectivity index (χ0) is 11.8. The van der Waals surface area contributed by atoms with Crippen LogP contribution in [0.4, 0.5) is 13.2 Å². The SMILES string of the molecule is Cc1cnc(-n2ccc(C(F)(F)F)n2)nc1. The first-order valence-corrected chi connectivity index (χ1v) is 4.39. The molecule has 0 saturated heterocycles. The number of aryl methyl sites for hydroxylation is 1. The Bertz CT molecular complexity index is 486. The molecule has 0 aromatic carbocycles. The van der Waals surface area contributed by atoms with Crippen molar-refractivity contribution in [3.8, 4) is 5.95 Å². The van der Waals surface area contributed by atoms with Gasteiger partial charge in [0.05, 0.1) is 0 Å². The summed E-state index contributed by atoms with van der Waals surface area (Å²) in [6.45, 7) is 1.79. The van der Waals surface area contributed by atoms with Crippen LogP contribution in [0.3, 0.4) is 0 Å². The van der Waals surface area contributed by atoms with E-state index in [9.17, 15) is 13.2 Å². The first-order chi connectivity index (χ1) is 7.47. The molecule has 0 saturated carbocycles. The predicted octanol–water partition coefficient (Wildman–Crippen LogP) is 1.99. The Morgan fingerprint density at radius 1 is 1.19 bits per heavy atom. The highest BCUT2D eigenvalue weighted by Crippen LogP contribution is 2.27. The maximum absolute atomic E-state index is 12.3. The molecule has 4 nitrogen and oxygen atoms in total. The van der Waals surface area contributed by atoms with E-state index in [0.717, 1.165) is 16.3 Å². The van der Waals surface area contributed by atoms with Gasteiger partial charge >= 0.3 is 6.18 Å². The van der Waals surface area contributed by atoms with Crippen molar-refractivity contribution in [1.29, 1.82) is 0 Å². The lowest BCUT2D eigenvalue weighted by Gasteiger charge is -2.01. The lowest BCUT2D eigenvalue weighted by atomic mass is 10.4. The van der Waals surface area contributed by atoms with Crippen LogP contribution in [0.2, 0.25) is 0 Å². The van der Waals surface area contributed by atoms with Gasteiger partial charge in [-0.1, -0.05) is 0 Å². The van der Waals surface area contributed by atoms with Crippen LogP contribution in [0.15, 0.2) is 24.7 Å². The first kappa shape index (κ1) is 10.6. The zero-order valence-electron chi connectivity index (χ0n) is 8.23. The third kappa shape index (κ3) is 2.02. The van der Waals surface area contributed by atoms with Gasteiger partial charge in [-0.15, -0.1) is 0 Å². The molecule has 2 aromatic heterocycles. The van der Waals surface area contributed by atoms with Gasteiger partial charge in [0.25, 0.3) is 0 Å². The molecule has 0 spiro atoms. The Morgan fingerprint density at radius 3 is 2.31 bits per heavy atom. The highest BCUT2D eigenvalue weighted by Gasteiger charge is 2.33. The van der Waals surface area contributed by atoms with Crippen LogP contribution < -0.4 is 0 Å². The van der Waals surface area contributed by atoms with Gasteiger partial charge < -0.3 is 0 Å². The third-order valence-electron chi connectivity index (χ3n) is 1.85. The van der Waals surface area contributed by atoms with Crippen molar-refractivity contribution in [2.24, 2.45) is 0 Å². The quantitative estimate of drug-likeness (QED) is 0.749.